The average Bonchev–Trinajstić information content (AvgIpc) is 2.45. The van der Waals surface area contributed by atoms with Crippen LogP contribution in [0, 0.1) is 11.3 Å². The van der Waals surface area contributed by atoms with Crippen LogP contribution in [-0.4, -0.2) is 41.0 Å². The van der Waals surface area contributed by atoms with E-state index in [4.69, 9.17) is 5.73 Å². The van der Waals surface area contributed by atoms with Gasteiger partial charge in [-0.25, -0.2) is 0 Å². The molecule has 0 aromatic rings. The summed E-state index contributed by atoms with van der Waals surface area (Å²) >= 11 is 2.06. The molecule has 4 heteroatoms. The highest BCUT2D eigenvalue weighted by Crippen LogP contribution is 2.44. The van der Waals surface area contributed by atoms with Crippen molar-refractivity contribution in [2.45, 2.75) is 39.7 Å². The van der Waals surface area contributed by atoms with Crippen LogP contribution in [-0.2, 0) is 0 Å². The Balaban J connectivity index is 2.18. The van der Waals surface area contributed by atoms with Crippen LogP contribution in [0.15, 0.2) is 4.99 Å². The number of aliphatic imine (C=N–C) groups is 1. The van der Waals surface area contributed by atoms with E-state index in [-0.39, 0.29) is 5.54 Å². The number of guanidine groups is 1. The maximum Gasteiger partial charge on any atom is 0.191 e. The molecule has 0 aromatic heterocycles. The SMILES string of the molecule is CC(C)CN1C(N)=NCC12CSCC(C)(C)C2. The molecule has 2 aliphatic rings. The topological polar surface area (TPSA) is 41.6 Å². The molecule has 0 aromatic carbocycles. The summed E-state index contributed by atoms with van der Waals surface area (Å²) < 4.78 is 0. The van der Waals surface area contributed by atoms with Gasteiger partial charge in [-0.1, -0.05) is 27.7 Å². The van der Waals surface area contributed by atoms with Gasteiger partial charge in [0.05, 0.1) is 12.1 Å². The summed E-state index contributed by atoms with van der Waals surface area (Å²) in [6.45, 7) is 11.2. The zero-order valence-corrected chi connectivity index (χ0v) is 12.3. The molecule has 0 amide bonds. The van der Waals surface area contributed by atoms with Gasteiger partial charge >= 0.3 is 0 Å². The molecule has 1 saturated heterocycles. The summed E-state index contributed by atoms with van der Waals surface area (Å²) in [6, 6.07) is 0. The molecule has 98 valence electrons. The third kappa shape index (κ3) is 2.56. The molecule has 2 N–H and O–H groups in total. The molecule has 1 atom stereocenters. The Labute approximate surface area is 109 Å². The molecule has 0 aliphatic carbocycles. The first-order valence-corrected chi connectivity index (χ1v) is 7.65. The Hall–Kier alpha value is -0.380. The summed E-state index contributed by atoms with van der Waals surface area (Å²) in [4.78, 5) is 6.90. The highest BCUT2D eigenvalue weighted by atomic mass is 32.2. The van der Waals surface area contributed by atoms with Gasteiger partial charge in [-0.15, -0.1) is 0 Å². The van der Waals surface area contributed by atoms with E-state index in [0.29, 0.717) is 11.3 Å². The lowest BCUT2D eigenvalue weighted by atomic mass is 9.79. The second-order valence-electron chi connectivity index (χ2n) is 6.74. The van der Waals surface area contributed by atoms with Gasteiger partial charge in [-0.05, 0) is 23.5 Å². The molecule has 2 aliphatic heterocycles. The third-order valence-electron chi connectivity index (χ3n) is 3.60. The van der Waals surface area contributed by atoms with Gasteiger partial charge in [0.25, 0.3) is 0 Å². The van der Waals surface area contributed by atoms with Crippen molar-refractivity contribution in [3.8, 4) is 0 Å². The first kappa shape index (κ1) is 13.1. The summed E-state index contributed by atoms with van der Waals surface area (Å²) in [7, 11) is 0. The molecule has 2 heterocycles. The Morgan fingerprint density at radius 1 is 1.41 bits per heavy atom. The summed E-state index contributed by atoms with van der Waals surface area (Å²) in [6.07, 6.45) is 1.21. The number of hydrogen-bond acceptors (Lipinski definition) is 4. The number of nitrogens with zero attached hydrogens (tertiary/aromatic N) is 2. The standard InChI is InChI=1S/C13H25N3S/c1-10(2)5-16-11(14)15-7-13(16)6-12(3,4)8-17-9-13/h10H,5-9H2,1-4H3,(H2,14,15). The molecule has 2 rings (SSSR count). The van der Waals surface area contributed by atoms with Crippen LogP contribution in [0.4, 0.5) is 0 Å². The van der Waals surface area contributed by atoms with Crippen molar-refractivity contribution >= 4 is 17.7 Å². The fraction of sp³-hybridized carbons (Fsp3) is 0.923. The van der Waals surface area contributed by atoms with Crippen LogP contribution >= 0.6 is 11.8 Å². The molecular weight excluding hydrogens is 230 g/mol. The van der Waals surface area contributed by atoms with Crippen molar-refractivity contribution < 1.29 is 0 Å². The van der Waals surface area contributed by atoms with Gasteiger partial charge in [0.15, 0.2) is 5.96 Å². The molecule has 1 fully saturated rings. The molecule has 17 heavy (non-hydrogen) atoms. The van der Waals surface area contributed by atoms with Gasteiger partial charge in [0.2, 0.25) is 0 Å². The van der Waals surface area contributed by atoms with Gasteiger partial charge in [0, 0.05) is 12.3 Å². The Morgan fingerprint density at radius 2 is 2.12 bits per heavy atom. The second kappa shape index (κ2) is 4.38. The number of hydrogen-bond donors (Lipinski definition) is 1. The predicted molar refractivity (Wildman–Crippen MR) is 76.5 cm³/mol. The van der Waals surface area contributed by atoms with Crippen molar-refractivity contribution in [2.24, 2.45) is 22.1 Å². The molecule has 3 nitrogen and oxygen atoms in total. The van der Waals surface area contributed by atoms with E-state index >= 15 is 0 Å². The Morgan fingerprint density at radius 3 is 2.71 bits per heavy atom. The molecule has 0 radical (unpaired) electrons. The number of nitrogens with two attached hydrogens (primary N) is 1. The van der Waals surface area contributed by atoms with Crippen molar-refractivity contribution in [1.29, 1.82) is 0 Å². The van der Waals surface area contributed by atoms with E-state index in [9.17, 15) is 0 Å². The van der Waals surface area contributed by atoms with Crippen molar-refractivity contribution in [2.75, 3.05) is 24.6 Å². The first-order valence-electron chi connectivity index (χ1n) is 6.50. The minimum absolute atomic E-state index is 0.195. The molecule has 1 unspecified atom stereocenters. The van der Waals surface area contributed by atoms with Gasteiger partial charge in [0.1, 0.15) is 0 Å². The normalized spacial score (nSPS) is 32.3. The van der Waals surface area contributed by atoms with E-state index in [2.05, 4.69) is 49.3 Å². The van der Waals surface area contributed by atoms with Crippen LogP contribution in [0.5, 0.6) is 0 Å². The molecule has 0 saturated carbocycles. The Kier molecular flexibility index (Phi) is 3.36. The summed E-state index contributed by atoms with van der Waals surface area (Å²) in [5.74, 6) is 3.82. The highest BCUT2D eigenvalue weighted by molar-refractivity contribution is 7.99. The van der Waals surface area contributed by atoms with E-state index in [1.165, 1.54) is 17.9 Å². The summed E-state index contributed by atoms with van der Waals surface area (Å²) in [5, 5.41) is 0. The zero-order chi connectivity index (χ0) is 12.7. The number of thioether (sulfide) groups is 1. The minimum Gasteiger partial charge on any atom is -0.370 e. The predicted octanol–water partition coefficient (Wildman–Crippen LogP) is 2.17. The third-order valence-corrected chi connectivity index (χ3v) is 5.33. The number of rotatable bonds is 2. The molecule has 1 spiro atoms. The van der Waals surface area contributed by atoms with Gasteiger partial charge < -0.3 is 10.6 Å². The fourth-order valence-corrected chi connectivity index (χ4v) is 4.57. The van der Waals surface area contributed by atoms with Crippen molar-refractivity contribution in [3.63, 3.8) is 0 Å². The summed E-state index contributed by atoms with van der Waals surface area (Å²) in [5.41, 5.74) is 6.68. The van der Waals surface area contributed by atoms with Crippen molar-refractivity contribution in [1.82, 2.24) is 4.90 Å². The maximum absolute atomic E-state index is 6.09. The van der Waals surface area contributed by atoms with E-state index in [1.54, 1.807) is 0 Å². The van der Waals surface area contributed by atoms with Crippen LogP contribution in [0.3, 0.4) is 0 Å². The minimum atomic E-state index is 0.195. The average molecular weight is 255 g/mol. The quantitative estimate of drug-likeness (QED) is 0.822. The fourth-order valence-electron chi connectivity index (χ4n) is 3.08. The lowest BCUT2D eigenvalue weighted by Crippen LogP contribution is -2.58. The monoisotopic (exact) mass is 255 g/mol. The zero-order valence-electron chi connectivity index (χ0n) is 11.5. The second-order valence-corrected chi connectivity index (χ2v) is 7.72. The van der Waals surface area contributed by atoms with E-state index < -0.39 is 0 Å². The van der Waals surface area contributed by atoms with Crippen LogP contribution in [0.2, 0.25) is 0 Å². The van der Waals surface area contributed by atoms with Gasteiger partial charge in [-0.2, -0.15) is 11.8 Å². The van der Waals surface area contributed by atoms with E-state index in [1.807, 2.05) is 0 Å². The van der Waals surface area contributed by atoms with Crippen LogP contribution < -0.4 is 5.73 Å². The molecular formula is C13H25N3S. The smallest absolute Gasteiger partial charge is 0.191 e. The van der Waals surface area contributed by atoms with Crippen molar-refractivity contribution in [3.05, 3.63) is 0 Å². The van der Waals surface area contributed by atoms with Crippen LogP contribution in [0.1, 0.15) is 34.1 Å². The highest BCUT2D eigenvalue weighted by Gasteiger charge is 2.48. The Bertz CT molecular complexity index is 325. The van der Waals surface area contributed by atoms with Crippen LogP contribution in [0.25, 0.3) is 0 Å². The maximum atomic E-state index is 6.09. The first-order chi connectivity index (χ1) is 7.85. The lowest BCUT2D eigenvalue weighted by molar-refractivity contribution is 0.138. The molecule has 0 bridgehead atoms. The van der Waals surface area contributed by atoms with E-state index in [0.717, 1.165) is 19.0 Å². The lowest BCUT2D eigenvalue weighted by Gasteiger charge is -2.48. The largest absolute Gasteiger partial charge is 0.370 e. The van der Waals surface area contributed by atoms with Gasteiger partial charge in [-0.3, -0.25) is 4.99 Å².